The minimum Gasteiger partial charge on any atom is -0.507 e. The molecule has 8 N–H and O–H groups in total. The van der Waals surface area contributed by atoms with Crippen molar-refractivity contribution in [3.63, 3.8) is 0 Å². The highest BCUT2D eigenvalue weighted by molar-refractivity contribution is 7.98. The topological polar surface area (TPSA) is 234 Å². The molecule has 0 aliphatic heterocycles. The van der Waals surface area contributed by atoms with Gasteiger partial charge in [0.1, 0.15) is 34.8 Å². The van der Waals surface area contributed by atoms with Crippen molar-refractivity contribution in [2.75, 3.05) is 60.8 Å². The number of phenolic OH excluding ortho intramolecular Hbond substituents is 2. The van der Waals surface area contributed by atoms with E-state index in [9.17, 15) is 39.0 Å². The Balaban J connectivity index is 1.77. The number of nitrogens with one attached hydrogen (secondary N) is 6. The van der Waals surface area contributed by atoms with Crippen molar-refractivity contribution in [2.45, 2.75) is 77.7 Å². The third kappa shape index (κ3) is 13.1. The molecule has 56 heavy (non-hydrogen) atoms. The Morgan fingerprint density at radius 2 is 0.964 bits per heavy atom. The summed E-state index contributed by atoms with van der Waals surface area (Å²) in [4.78, 5) is 78.8. The second kappa shape index (κ2) is 20.4. The number of benzene rings is 2. The predicted octanol–water partition coefficient (Wildman–Crippen LogP) is 4.22. The fourth-order valence-electron chi connectivity index (χ4n) is 5.58. The van der Waals surface area contributed by atoms with Gasteiger partial charge in [-0.25, -0.2) is 9.59 Å². The van der Waals surface area contributed by atoms with Crippen LogP contribution in [0.2, 0.25) is 0 Å². The first kappa shape index (κ1) is 45.5. The van der Waals surface area contributed by atoms with E-state index >= 15 is 0 Å². The SMILES string of the molecule is CSCC[C@H](NC(=O)OC(C)(C)C)C(=O)NCCNc1ccc(NCCNC(=O)[C@H](CCSC)NC(=O)OC(C)(C)C)c2c1C(=O)c1c(O)ccc(O)c1C2=O. The van der Waals surface area contributed by atoms with Crippen molar-refractivity contribution in [1.82, 2.24) is 21.3 Å². The van der Waals surface area contributed by atoms with Gasteiger partial charge in [-0.15, -0.1) is 0 Å². The van der Waals surface area contributed by atoms with E-state index in [1.165, 1.54) is 23.5 Å². The molecule has 308 valence electrons. The van der Waals surface area contributed by atoms with Gasteiger partial charge in [0.25, 0.3) is 0 Å². The van der Waals surface area contributed by atoms with Gasteiger partial charge in [0.2, 0.25) is 23.4 Å². The number of ketones is 2. The molecule has 4 amide bonds. The second-order valence-electron chi connectivity index (χ2n) is 14.8. The Hall–Kier alpha value is -4.84. The van der Waals surface area contributed by atoms with Crippen molar-refractivity contribution >= 4 is 70.5 Å². The van der Waals surface area contributed by atoms with Crippen LogP contribution in [0.3, 0.4) is 0 Å². The minimum atomic E-state index is -0.853. The standard InChI is InChI=1S/C38H54N6O10S2/c1-37(2,3)53-35(51)43-23(13-19-55-7)33(49)41-17-15-39-21-9-10-22(28-27(21)31(47)29-25(45)11-12-26(46)30(29)32(28)48)40-16-18-42-34(50)24(14-20-56-8)44-36(52)54-38(4,5)6/h9-12,23-24,39-40,45-46H,13-20H2,1-8H3,(H,41,49)(H,42,50)(H,43,51)(H,44,52)/t23-,24-/m0/s1. The van der Waals surface area contributed by atoms with Crippen molar-refractivity contribution in [2.24, 2.45) is 0 Å². The zero-order valence-electron chi connectivity index (χ0n) is 33.1. The van der Waals surface area contributed by atoms with Gasteiger partial charge in [0, 0.05) is 37.6 Å². The van der Waals surface area contributed by atoms with Crippen LogP contribution in [-0.4, -0.2) is 119 Å². The molecule has 2 atom stereocenters. The first-order valence-corrected chi connectivity index (χ1v) is 20.9. The predicted molar refractivity (Wildman–Crippen MR) is 218 cm³/mol. The molecular formula is C38H54N6O10S2. The Bertz CT molecular complexity index is 1650. The third-order valence-electron chi connectivity index (χ3n) is 7.99. The highest BCUT2D eigenvalue weighted by Crippen LogP contribution is 2.42. The van der Waals surface area contributed by atoms with E-state index in [0.717, 1.165) is 12.1 Å². The van der Waals surface area contributed by atoms with E-state index in [1.807, 2.05) is 12.5 Å². The fourth-order valence-corrected chi connectivity index (χ4v) is 6.52. The van der Waals surface area contributed by atoms with E-state index in [4.69, 9.17) is 9.47 Å². The molecule has 0 unspecified atom stereocenters. The number of phenols is 2. The summed E-state index contributed by atoms with van der Waals surface area (Å²) >= 11 is 3.04. The minimum absolute atomic E-state index is 0.0631. The number of hydrogen-bond acceptors (Lipinski definition) is 14. The average Bonchev–Trinajstić information content (AvgIpc) is 3.10. The van der Waals surface area contributed by atoms with Gasteiger partial charge in [-0.05, 0) is 103 Å². The highest BCUT2D eigenvalue weighted by Gasteiger charge is 2.38. The van der Waals surface area contributed by atoms with Gasteiger partial charge in [-0.2, -0.15) is 23.5 Å². The number of hydrogen-bond donors (Lipinski definition) is 8. The smallest absolute Gasteiger partial charge is 0.408 e. The van der Waals surface area contributed by atoms with E-state index < -0.39 is 70.4 Å². The van der Waals surface area contributed by atoms with E-state index in [2.05, 4.69) is 31.9 Å². The number of amides is 4. The summed E-state index contributed by atoms with van der Waals surface area (Å²) in [7, 11) is 0. The summed E-state index contributed by atoms with van der Waals surface area (Å²) in [5, 5.41) is 38.2. The van der Waals surface area contributed by atoms with Crippen molar-refractivity contribution in [3.05, 3.63) is 46.5 Å². The lowest BCUT2D eigenvalue weighted by atomic mass is 9.81. The molecule has 1 aliphatic carbocycles. The van der Waals surface area contributed by atoms with Gasteiger partial charge in [0.15, 0.2) is 0 Å². The van der Waals surface area contributed by atoms with Gasteiger partial charge in [0.05, 0.1) is 22.3 Å². The molecule has 0 saturated heterocycles. The Morgan fingerprint density at radius 3 is 1.29 bits per heavy atom. The lowest BCUT2D eigenvalue weighted by Gasteiger charge is -2.25. The zero-order valence-corrected chi connectivity index (χ0v) is 34.7. The van der Waals surface area contributed by atoms with Crippen LogP contribution < -0.4 is 31.9 Å². The first-order valence-electron chi connectivity index (χ1n) is 18.1. The maximum atomic E-state index is 14.0. The third-order valence-corrected chi connectivity index (χ3v) is 9.28. The summed E-state index contributed by atoms with van der Waals surface area (Å²) in [6.07, 6.45) is 3.05. The molecule has 0 spiro atoms. The normalized spacial score (nSPS) is 13.4. The lowest BCUT2D eigenvalue weighted by molar-refractivity contribution is -0.123. The maximum absolute atomic E-state index is 14.0. The molecule has 0 saturated carbocycles. The van der Waals surface area contributed by atoms with Crippen molar-refractivity contribution in [1.29, 1.82) is 0 Å². The van der Waals surface area contributed by atoms with Gasteiger partial charge >= 0.3 is 12.2 Å². The van der Waals surface area contributed by atoms with Crippen LogP contribution in [0.5, 0.6) is 11.5 Å². The number of aromatic hydroxyl groups is 2. The summed E-state index contributed by atoms with van der Waals surface area (Å²) in [5.41, 5.74) is -1.85. The van der Waals surface area contributed by atoms with Crippen LogP contribution >= 0.6 is 23.5 Å². The van der Waals surface area contributed by atoms with E-state index in [1.54, 1.807) is 53.7 Å². The molecule has 0 aromatic heterocycles. The number of alkyl carbamates (subject to hydrolysis) is 2. The summed E-state index contributed by atoms with van der Waals surface area (Å²) < 4.78 is 10.6. The summed E-state index contributed by atoms with van der Waals surface area (Å²) in [5.74, 6) is -2.04. The average molecular weight is 819 g/mol. The Labute approximate surface area is 335 Å². The number of rotatable bonds is 18. The van der Waals surface area contributed by atoms with Gasteiger partial charge in [-0.1, -0.05) is 0 Å². The Morgan fingerprint density at radius 1 is 0.607 bits per heavy atom. The van der Waals surface area contributed by atoms with Crippen LogP contribution in [-0.2, 0) is 19.1 Å². The maximum Gasteiger partial charge on any atom is 0.408 e. The zero-order chi connectivity index (χ0) is 41.8. The summed E-state index contributed by atoms with van der Waals surface area (Å²) in [6.45, 7) is 10.7. The molecule has 3 rings (SSSR count). The number of anilines is 2. The van der Waals surface area contributed by atoms with E-state index in [-0.39, 0.29) is 59.8 Å². The number of carbonyl (C=O) groups is 6. The van der Waals surface area contributed by atoms with Gasteiger partial charge < -0.3 is 51.6 Å². The van der Waals surface area contributed by atoms with Crippen LogP contribution in [0, 0.1) is 0 Å². The summed E-state index contributed by atoms with van der Waals surface area (Å²) in [6, 6.07) is 3.67. The molecule has 2 aromatic carbocycles. The number of fused-ring (bicyclic) bond motifs is 2. The molecular weight excluding hydrogens is 765 g/mol. The molecule has 1 aliphatic rings. The molecule has 0 fully saturated rings. The Kier molecular flexibility index (Phi) is 16.6. The van der Waals surface area contributed by atoms with E-state index in [0.29, 0.717) is 24.3 Å². The number of thioether (sulfide) groups is 2. The molecule has 0 radical (unpaired) electrons. The molecule has 18 heteroatoms. The molecule has 2 aromatic rings. The van der Waals surface area contributed by atoms with Crippen LogP contribution in [0.4, 0.5) is 21.0 Å². The van der Waals surface area contributed by atoms with Crippen molar-refractivity contribution < 1.29 is 48.5 Å². The number of ether oxygens (including phenoxy) is 2. The molecule has 0 bridgehead atoms. The largest absolute Gasteiger partial charge is 0.507 e. The fraction of sp³-hybridized carbons (Fsp3) is 0.526. The quantitative estimate of drug-likeness (QED) is 0.0664. The first-order chi connectivity index (χ1) is 26.3. The second-order valence-corrected chi connectivity index (χ2v) is 16.8. The van der Waals surface area contributed by atoms with Crippen LogP contribution in [0.1, 0.15) is 86.2 Å². The monoisotopic (exact) mass is 818 g/mol. The highest BCUT2D eigenvalue weighted by atomic mass is 32.2. The number of carbonyl (C=O) groups excluding carboxylic acids is 6. The molecule has 16 nitrogen and oxygen atoms in total. The molecule has 0 heterocycles. The van der Waals surface area contributed by atoms with Gasteiger partial charge in [-0.3, -0.25) is 19.2 Å². The van der Waals surface area contributed by atoms with Crippen molar-refractivity contribution in [3.8, 4) is 11.5 Å². The van der Waals surface area contributed by atoms with Crippen LogP contribution in [0.15, 0.2) is 24.3 Å². The lowest BCUT2D eigenvalue weighted by Crippen LogP contribution is -2.49. The van der Waals surface area contributed by atoms with Crippen LogP contribution in [0.25, 0.3) is 0 Å².